The van der Waals surface area contributed by atoms with E-state index >= 15 is 0 Å². The predicted octanol–water partition coefficient (Wildman–Crippen LogP) is 1.79. The van der Waals surface area contributed by atoms with Crippen molar-refractivity contribution >= 4 is 12.6 Å². The number of rotatable bonds is 2. The molecule has 0 radical (unpaired) electrons. The Morgan fingerprint density at radius 3 is 1.83 bits per heavy atom. The monoisotopic (exact) mass is 256 g/mol. The molecule has 104 valence electrons. The first-order valence-corrected chi connectivity index (χ1v) is 5.53. The number of aldehydes is 2. The maximum atomic E-state index is 10.4. The van der Waals surface area contributed by atoms with Gasteiger partial charge < -0.3 is 15.0 Å². The number of aliphatic hydroxyl groups is 2. The SMILES string of the molecule is CC=O.CCc1ccc(C=O)cc1C.CO.CO. The van der Waals surface area contributed by atoms with Crippen LogP contribution in [0.1, 0.15) is 35.3 Å². The van der Waals surface area contributed by atoms with Crippen LogP contribution in [0.5, 0.6) is 0 Å². The molecule has 0 amide bonds. The molecule has 0 spiro atoms. The maximum Gasteiger partial charge on any atom is 0.150 e. The van der Waals surface area contributed by atoms with Crippen molar-refractivity contribution in [3.05, 3.63) is 34.9 Å². The van der Waals surface area contributed by atoms with E-state index in [1.807, 2.05) is 25.1 Å². The van der Waals surface area contributed by atoms with E-state index in [4.69, 9.17) is 15.0 Å². The van der Waals surface area contributed by atoms with Crippen molar-refractivity contribution in [1.82, 2.24) is 0 Å². The molecular weight excluding hydrogens is 232 g/mol. The van der Waals surface area contributed by atoms with Gasteiger partial charge in [0.25, 0.3) is 0 Å². The van der Waals surface area contributed by atoms with E-state index in [1.54, 1.807) is 0 Å². The molecule has 0 fully saturated rings. The van der Waals surface area contributed by atoms with Gasteiger partial charge >= 0.3 is 0 Å². The smallest absolute Gasteiger partial charge is 0.150 e. The number of hydrogen-bond acceptors (Lipinski definition) is 4. The third-order valence-electron chi connectivity index (χ3n) is 1.88. The van der Waals surface area contributed by atoms with E-state index in [1.165, 1.54) is 18.1 Å². The zero-order valence-corrected chi connectivity index (χ0v) is 11.8. The second-order valence-corrected chi connectivity index (χ2v) is 2.89. The highest BCUT2D eigenvalue weighted by Gasteiger charge is 1.95. The van der Waals surface area contributed by atoms with Gasteiger partial charge in [0.2, 0.25) is 0 Å². The van der Waals surface area contributed by atoms with Crippen molar-refractivity contribution in [1.29, 1.82) is 0 Å². The molecule has 0 aromatic heterocycles. The molecule has 1 rings (SSSR count). The fourth-order valence-corrected chi connectivity index (χ4v) is 1.19. The summed E-state index contributed by atoms with van der Waals surface area (Å²) in [6.45, 7) is 5.59. The summed E-state index contributed by atoms with van der Waals surface area (Å²) in [6.07, 6.45) is 2.66. The van der Waals surface area contributed by atoms with Gasteiger partial charge in [-0.05, 0) is 37.5 Å². The van der Waals surface area contributed by atoms with E-state index in [0.717, 1.165) is 38.8 Å². The number of benzene rings is 1. The Morgan fingerprint density at radius 1 is 1.11 bits per heavy atom. The van der Waals surface area contributed by atoms with E-state index in [9.17, 15) is 4.79 Å². The first-order chi connectivity index (χ1) is 8.69. The molecule has 1 aromatic carbocycles. The molecular formula is C14H24O4. The molecule has 0 atom stereocenters. The second kappa shape index (κ2) is 17.9. The van der Waals surface area contributed by atoms with Gasteiger partial charge in [-0.25, -0.2) is 0 Å². The summed E-state index contributed by atoms with van der Waals surface area (Å²) in [5.41, 5.74) is 3.28. The summed E-state index contributed by atoms with van der Waals surface area (Å²) in [7, 11) is 2.00. The van der Waals surface area contributed by atoms with E-state index < -0.39 is 0 Å². The van der Waals surface area contributed by atoms with Crippen molar-refractivity contribution in [2.45, 2.75) is 27.2 Å². The summed E-state index contributed by atoms with van der Waals surface area (Å²) < 4.78 is 0. The highest BCUT2D eigenvalue weighted by molar-refractivity contribution is 5.75. The predicted molar refractivity (Wildman–Crippen MR) is 74.0 cm³/mol. The van der Waals surface area contributed by atoms with Gasteiger partial charge in [-0.2, -0.15) is 0 Å². The zero-order valence-electron chi connectivity index (χ0n) is 11.8. The van der Waals surface area contributed by atoms with Crippen LogP contribution in [0.4, 0.5) is 0 Å². The molecule has 0 saturated carbocycles. The van der Waals surface area contributed by atoms with Crippen molar-refractivity contribution in [3.8, 4) is 0 Å². The van der Waals surface area contributed by atoms with Crippen LogP contribution in [-0.2, 0) is 11.2 Å². The number of aliphatic hydroxyl groups excluding tert-OH is 2. The summed E-state index contributed by atoms with van der Waals surface area (Å²) in [4.78, 5) is 19.2. The lowest BCUT2D eigenvalue weighted by Gasteiger charge is -2.01. The zero-order chi connectivity index (χ0) is 15.0. The molecule has 0 aliphatic rings. The van der Waals surface area contributed by atoms with Gasteiger partial charge in [0, 0.05) is 19.8 Å². The third-order valence-corrected chi connectivity index (χ3v) is 1.88. The Kier molecular flexibility index (Phi) is 21.6. The lowest BCUT2D eigenvalue weighted by molar-refractivity contribution is -0.106. The Bertz CT molecular complexity index is 309. The Hall–Kier alpha value is -1.52. The highest BCUT2D eigenvalue weighted by Crippen LogP contribution is 2.09. The number of aryl methyl sites for hydroxylation is 2. The molecule has 1 aromatic rings. The van der Waals surface area contributed by atoms with Crippen LogP contribution in [0.2, 0.25) is 0 Å². The minimum atomic E-state index is 0.750. The average molecular weight is 256 g/mol. The Morgan fingerprint density at radius 2 is 1.56 bits per heavy atom. The van der Waals surface area contributed by atoms with Crippen LogP contribution < -0.4 is 0 Å². The molecule has 2 N–H and O–H groups in total. The lowest BCUT2D eigenvalue weighted by atomic mass is 10.0. The van der Waals surface area contributed by atoms with Crippen LogP contribution in [-0.4, -0.2) is 37.0 Å². The van der Waals surface area contributed by atoms with E-state index in [0.29, 0.717) is 0 Å². The van der Waals surface area contributed by atoms with Gasteiger partial charge in [0.05, 0.1) is 0 Å². The topological polar surface area (TPSA) is 74.6 Å². The number of carbonyl (C=O) groups is 2. The van der Waals surface area contributed by atoms with Gasteiger partial charge in [-0.15, -0.1) is 0 Å². The van der Waals surface area contributed by atoms with Crippen molar-refractivity contribution < 1.29 is 19.8 Å². The maximum absolute atomic E-state index is 10.4. The average Bonchev–Trinajstić information content (AvgIpc) is 2.44. The summed E-state index contributed by atoms with van der Waals surface area (Å²) in [5, 5.41) is 14.0. The molecule has 0 bridgehead atoms. The van der Waals surface area contributed by atoms with Crippen LogP contribution >= 0.6 is 0 Å². The largest absolute Gasteiger partial charge is 0.400 e. The van der Waals surface area contributed by atoms with E-state index in [2.05, 4.69) is 6.92 Å². The molecule has 4 heteroatoms. The Balaban J connectivity index is -0.000000274. The molecule has 0 unspecified atom stereocenters. The number of carbonyl (C=O) groups excluding carboxylic acids is 2. The second-order valence-electron chi connectivity index (χ2n) is 2.89. The van der Waals surface area contributed by atoms with Crippen molar-refractivity contribution in [2.24, 2.45) is 0 Å². The fourth-order valence-electron chi connectivity index (χ4n) is 1.19. The van der Waals surface area contributed by atoms with Gasteiger partial charge in [-0.1, -0.05) is 19.1 Å². The van der Waals surface area contributed by atoms with E-state index in [-0.39, 0.29) is 0 Å². The minimum Gasteiger partial charge on any atom is -0.400 e. The van der Waals surface area contributed by atoms with Crippen molar-refractivity contribution in [3.63, 3.8) is 0 Å². The lowest BCUT2D eigenvalue weighted by Crippen LogP contribution is -1.88. The summed E-state index contributed by atoms with van der Waals surface area (Å²) in [6, 6.07) is 5.80. The van der Waals surface area contributed by atoms with Crippen molar-refractivity contribution in [2.75, 3.05) is 14.2 Å². The van der Waals surface area contributed by atoms with Crippen LogP contribution in [0.25, 0.3) is 0 Å². The highest BCUT2D eigenvalue weighted by atomic mass is 16.2. The van der Waals surface area contributed by atoms with Crippen LogP contribution in [0, 0.1) is 6.92 Å². The first-order valence-electron chi connectivity index (χ1n) is 5.53. The molecule has 0 heterocycles. The standard InChI is InChI=1S/C10H12O.C2H4O.2CH4O/c1-3-10-5-4-9(7-11)6-8(10)2;1-2-3;2*1-2/h4-7H,3H2,1-2H3;2H,1H3;2*2H,1H3. The summed E-state index contributed by atoms with van der Waals surface area (Å²) >= 11 is 0. The number of hydrogen-bond donors (Lipinski definition) is 2. The first kappa shape index (κ1) is 21.7. The molecule has 4 nitrogen and oxygen atoms in total. The molecule has 0 aliphatic heterocycles. The quantitative estimate of drug-likeness (QED) is 0.791. The normalized spacial score (nSPS) is 7.28. The summed E-state index contributed by atoms with van der Waals surface area (Å²) in [5.74, 6) is 0. The van der Waals surface area contributed by atoms with Gasteiger partial charge in [0.15, 0.2) is 0 Å². The van der Waals surface area contributed by atoms with Crippen LogP contribution in [0.15, 0.2) is 18.2 Å². The molecule has 0 saturated heterocycles. The van der Waals surface area contributed by atoms with Crippen LogP contribution in [0.3, 0.4) is 0 Å². The molecule has 18 heavy (non-hydrogen) atoms. The third kappa shape index (κ3) is 11.0. The fraction of sp³-hybridized carbons (Fsp3) is 0.429. The molecule has 0 aliphatic carbocycles. The Labute approximate surface area is 109 Å². The van der Waals surface area contributed by atoms with Gasteiger partial charge in [0.1, 0.15) is 12.6 Å². The van der Waals surface area contributed by atoms with Gasteiger partial charge in [-0.3, -0.25) is 4.79 Å². The minimum absolute atomic E-state index is 0.750.